The molecule has 1 amide bonds. The molecule has 0 aromatic heterocycles. The lowest BCUT2D eigenvalue weighted by Crippen LogP contribution is -2.27. The van der Waals surface area contributed by atoms with Crippen LogP contribution in [0.5, 0.6) is 0 Å². The number of fused-ring (bicyclic) bond motifs is 1. The zero-order valence-corrected chi connectivity index (χ0v) is 12.5. The number of nitrogens with two attached hydrogens (primary N) is 1. The molecule has 3 N–H and O–H groups in total. The molecule has 0 saturated heterocycles. The summed E-state index contributed by atoms with van der Waals surface area (Å²) in [7, 11) is 0. The minimum atomic E-state index is -0.0350. The smallest absolute Gasteiger partial charge is 0.251 e. The standard InChI is InChI=1S/C16H15BrN2O/c17-12-4-1-10(2-5-12)16(20)19-15-8-3-11-9-13(18)6-7-14(11)15/h1-2,4-7,9,15H,3,8,18H2,(H,19,20). The van der Waals surface area contributed by atoms with E-state index in [1.165, 1.54) is 11.1 Å². The van der Waals surface area contributed by atoms with E-state index in [0.717, 1.165) is 23.0 Å². The maximum absolute atomic E-state index is 12.2. The normalized spacial score (nSPS) is 16.8. The maximum Gasteiger partial charge on any atom is 0.251 e. The van der Waals surface area contributed by atoms with E-state index in [1.54, 1.807) is 0 Å². The van der Waals surface area contributed by atoms with Gasteiger partial charge in [0.1, 0.15) is 0 Å². The molecule has 1 aliphatic rings. The van der Waals surface area contributed by atoms with Crippen LogP contribution in [0.4, 0.5) is 5.69 Å². The van der Waals surface area contributed by atoms with Gasteiger partial charge in [0.05, 0.1) is 6.04 Å². The number of carbonyl (C=O) groups excluding carboxylic acids is 1. The summed E-state index contributed by atoms with van der Waals surface area (Å²) in [5.41, 5.74) is 9.68. The Labute approximate surface area is 126 Å². The fourth-order valence-corrected chi connectivity index (χ4v) is 2.89. The van der Waals surface area contributed by atoms with Gasteiger partial charge < -0.3 is 11.1 Å². The molecular formula is C16H15BrN2O. The second-order valence-corrected chi connectivity index (χ2v) is 5.95. The zero-order valence-electron chi connectivity index (χ0n) is 10.9. The van der Waals surface area contributed by atoms with E-state index >= 15 is 0 Å². The Kier molecular flexibility index (Phi) is 3.49. The van der Waals surface area contributed by atoms with Crippen molar-refractivity contribution in [2.75, 3.05) is 5.73 Å². The number of hydrogen-bond acceptors (Lipinski definition) is 2. The van der Waals surface area contributed by atoms with E-state index in [9.17, 15) is 4.79 Å². The van der Waals surface area contributed by atoms with Crippen molar-refractivity contribution in [3.63, 3.8) is 0 Å². The van der Waals surface area contributed by atoms with Crippen molar-refractivity contribution >= 4 is 27.5 Å². The Morgan fingerprint density at radius 3 is 2.70 bits per heavy atom. The fraction of sp³-hybridized carbons (Fsp3) is 0.188. The number of nitrogen functional groups attached to an aromatic ring is 1. The number of rotatable bonds is 2. The molecule has 20 heavy (non-hydrogen) atoms. The summed E-state index contributed by atoms with van der Waals surface area (Å²) < 4.78 is 0.968. The highest BCUT2D eigenvalue weighted by molar-refractivity contribution is 9.10. The molecule has 0 radical (unpaired) electrons. The topological polar surface area (TPSA) is 55.1 Å². The van der Waals surface area contributed by atoms with Gasteiger partial charge in [-0.05, 0) is 60.4 Å². The predicted molar refractivity (Wildman–Crippen MR) is 83.5 cm³/mol. The van der Waals surface area contributed by atoms with Crippen LogP contribution in [0.25, 0.3) is 0 Å². The monoisotopic (exact) mass is 330 g/mol. The molecule has 0 bridgehead atoms. The van der Waals surface area contributed by atoms with Crippen LogP contribution < -0.4 is 11.1 Å². The molecule has 1 unspecified atom stereocenters. The van der Waals surface area contributed by atoms with Crippen LogP contribution in [-0.4, -0.2) is 5.91 Å². The van der Waals surface area contributed by atoms with Crippen LogP contribution in [0, 0.1) is 0 Å². The number of nitrogens with one attached hydrogen (secondary N) is 1. The first-order valence-corrected chi connectivity index (χ1v) is 7.37. The second kappa shape index (κ2) is 5.29. The molecule has 3 rings (SSSR count). The van der Waals surface area contributed by atoms with E-state index in [4.69, 9.17) is 5.73 Å². The molecule has 0 heterocycles. The predicted octanol–water partition coefficient (Wildman–Crippen LogP) is 3.45. The van der Waals surface area contributed by atoms with Crippen LogP contribution in [0.3, 0.4) is 0 Å². The SMILES string of the molecule is Nc1ccc2c(c1)CCC2NC(=O)c1ccc(Br)cc1. The van der Waals surface area contributed by atoms with Crippen LogP contribution in [0.15, 0.2) is 46.9 Å². The lowest BCUT2D eigenvalue weighted by Gasteiger charge is -2.14. The third kappa shape index (κ3) is 2.56. The van der Waals surface area contributed by atoms with Gasteiger partial charge in [0, 0.05) is 15.7 Å². The van der Waals surface area contributed by atoms with Gasteiger partial charge in [0.2, 0.25) is 0 Å². The van der Waals surface area contributed by atoms with Gasteiger partial charge in [-0.1, -0.05) is 22.0 Å². The van der Waals surface area contributed by atoms with Gasteiger partial charge in [-0.2, -0.15) is 0 Å². The van der Waals surface area contributed by atoms with Gasteiger partial charge in [-0.3, -0.25) is 4.79 Å². The van der Waals surface area contributed by atoms with Gasteiger partial charge in [0.15, 0.2) is 0 Å². The zero-order chi connectivity index (χ0) is 14.1. The number of amides is 1. The molecule has 3 nitrogen and oxygen atoms in total. The number of hydrogen-bond donors (Lipinski definition) is 2. The molecule has 2 aromatic carbocycles. The number of halogens is 1. The van der Waals surface area contributed by atoms with E-state index in [2.05, 4.69) is 21.2 Å². The van der Waals surface area contributed by atoms with Gasteiger partial charge in [-0.25, -0.2) is 0 Å². The third-order valence-corrected chi connectivity index (χ3v) is 4.19. The minimum Gasteiger partial charge on any atom is -0.399 e. The molecule has 4 heteroatoms. The van der Waals surface area contributed by atoms with E-state index < -0.39 is 0 Å². The second-order valence-electron chi connectivity index (χ2n) is 5.03. The van der Waals surface area contributed by atoms with Crippen LogP contribution in [0.1, 0.15) is 33.9 Å². The lowest BCUT2D eigenvalue weighted by molar-refractivity contribution is 0.0936. The highest BCUT2D eigenvalue weighted by atomic mass is 79.9. The number of carbonyl (C=O) groups is 1. The number of aryl methyl sites for hydroxylation is 1. The first-order valence-electron chi connectivity index (χ1n) is 6.58. The molecule has 0 aliphatic heterocycles. The number of benzene rings is 2. The first-order chi connectivity index (χ1) is 9.63. The van der Waals surface area contributed by atoms with Gasteiger partial charge in [0.25, 0.3) is 5.91 Å². The van der Waals surface area contributed by atoms with Crippen molar-refractivity contribution in [2.45, 2.75) is 18.9 Å². The summed E-state index contributed by atoms with van der Waals surface area (Å²) in [6.07, 6.45) is 1.90. The summed E-state index contributed by atoms with van der Waals surface area (Å²) >= 11 is 3.37. The van der Waals surface area contributed by atoms with Crippen molar-refractivity contribution in [3.8, 4) is 0 Å². The number of anilines is 1. The summed E-state index contributed by atoms with van der Waals surface area (Å²) in [6.45, 7) is 0. The Morgan fingerprint density at radius 1 is 1.20 bits per heavy atom. The summed E-state index contributed by atoms with van der Waals surface area (Å²) in [5, 5.41) is 3.10. The summed E-state index contributed by atoms with van der Waals surface area (Å²) in [4.78, 5) is 12.2. The van der Waals surface area contributed by atoms with Crippen molar-refractivity contribution in [1.82, 2.24) is 5.32 Å². The average molecular weight is 331 g/mol. The first kappa shape index (κ1) is 13.2. The lowest BCUT2D eigenvalue weighted by atomic mass is 10.1. The van der Waals surface area contributed by atoms with Crippen molar-refractivity contribution in [1.29, 1.82) is 0 Å². The summed E-state index contributed by atoms with van der Waals surface area (Å²) in [5.74, 6) is -0.0350. The Bertz CT molecular complexity index is 652. The maximum atomic E-state index is 12.2. The molecule has 0 fully saturated rings. The molecule has 1 atom stereocenters. The molecule has 102 valence electrons. The molecule has 0 saturated carbocycles. The van der Waals surface area contributed by atoms with Crippen molar-refractivity contribution in [2.24, 2.45) is 0 Å². The molecule has 1 aliphatic carbocycles. The van der Waals surface area contributed by atoms with Crippen LogP contribution in [-0.2, 0) is 6.42 Å². The summed E-state index contributed by atoms with van der Waals surface area (Å²) in [6, 6.07) is 13.4. The fourth-order valence-electron chi connectivity index (χ4n) is 2.63. The highest BCUT2D eigenvalue weighted by Crippen LogP contribution is 2.32. The molecule has 2 aromatic rings. The van der Waals surface area contributed by atoms with Gasteiger partial charge in [-0.15, -0.1) is 0 Å². The quantitative estimate of drug-likeness (QED) is 0.828. The molecule has 0 spiro atoms. The van der Waals surface area contributed by atoms with Crippen LogP contribution >= 0.6 is 15.9 Å². The third-order valence-electron chi connectivity index (χ3n) is 3.66. The van der Waals surface area contributed by atoms with E-state index in [0.29, 0.717) is 5.56 Å². The van der Waals surface area contributed by atoms with E-state index in [1.807, 2.05) is 42.5 Å². The molecular weight excluding hydrogens is 316 g/mol. The van der Waals surface area contributed by atoms with Crippen LogP contribution in [0.2, 0.25) is 0 Å². The Hall–Kier alpha value is -1.81. The Balaban J connectivity index is 1.77. The van der Waals surface area contributed by atoms with E-state index in [-0.39, 0.29) is 11.9 Å². The largest absolute Gasteiger partial charge is 0.399 e. The Morgan fingerprint density at radius 2 is 1.95 bits per heavy atom. The van der Waals surface area contributed by atoms with Gasteiger partial charge >= 0.3 is 0 Å². The van der Waals surface area contributed by atoms with Crippen molar-refractivity contribution < 1.29 is 4.79 Å². The highest BCUT2D eigenvalue weighted by Gasteiger charge is 2.24. The van der Waals surface area contributed by atoms with Crippen molar-refractivity contribution in [3.05, 3.63) is 63.6 Å². The minimum absolute atomic E-state index is 0.0350. The average Bonchev–Trinajstić information content (AvgIpc) is 2.81.